The Morgan fingerprint density at radius 1 is 1.24 bits per heavy atom. The van der Waals surface area contributed by atoms with Crippen LogP contribution in [0.5, 0.6) is 5.75 Å². The molecule has 2 atom stereocenters. The molecular weight excluding hydrogens is 262 g/mol. The minimum atomic E-state index is -0.107. The Kier molecular flexibility index (Phi) is 3.42. The van der Waals surface area contributed by atoms with Crippen molar-refractivity contribution < 1.29 is 9.53 Å². The zero-order chi connectivity index (χ0) is 15.0. The zero-order valence-electron chi connectivity index (χ0n) is 12.5. The molecule has 0 radical (unpaired) electrons. The molecule has 2 unspecified atom stereocenters. The summed E-state index contributed by atoms with van der Waals surface area (Å²) in [6, 6.07) is 7.93. The smallest absolute Gasteiger partial charge is 0.234 e. The molecule has 3 heteroatoms. The van der Waals surface area contributed by atoms with Crippen LogP contribution in [0.3, 0.4) is 0 Å². The molecule has 1 aromatic carbocycles. The molecule has 0 N–H and O–H groups in total. The van der Waals surface area contributed by atoms with Crippen molar-refractivity contribution in [3.8, 4) is 5.75 Å². The first-order valence-corrected chi connectivity index (χ1v) is 7.14. The summed E-state index contributed by atoms with van der Waals surface area (Å²) < 4.78 is 5.48. The molecule has 3 nitrogen and oxygen atoms in total. The number of nitrogens with zero attached hydrogens (tertiary/aromatic N) is 1. The SMILES string of the molecule is COc1ccccc1C1=CN(C)C(=O)C2C1=CC=CC2C. The monoisotopic (exact) mass is 281 g/mol. The van der Waals surface area contributed by atoms with Crippen LogP contribution in [0.4, 0.5) is 0 Å². The molecule has 2 aliphatic rings. The van der Waals surface area contributed by atoms with Gasteiger partial charge in [0.2, 0.25) is 5.91 Å². The van der Waals surface area contributed by atoms with Gasteiger partial charge >= 0.3 is 0 Å². The Morgan fingerprint density at radius 3 is 2.76 bits per heavy atom. The van der Waals surface area contributed by atoms with Crippen LogP contribution in [0.15, 0.2) is 54.3 Å². The number of hydrogen-bond donors (Lipinski definition) is 0. The Bertz CT molecular complexity index is 670. The first-order valence-electron chi connectivity index (χ1n) is 7.14. The summed E-state index contributed by atoms with van der Waals surface area (Å²) in [6.07, 6.45) is 8.09. The van der Waals surface area contributed by atoms with E-state index in [1.165, 1.54) is 0 Å². The summed E-state index contributed by atoms with van der Waals surface area (Å²) in [5, 5.41) is 0. The first-order chi connectivity index (χ1) is 10.1. The lowest BCUT2D eigenvalue weighted by molar-refractivity contribution is -0.131. The highest BCUT2D eigenvalue weighted by atomic mass is 16.5. The van der Waals surface area contributed by atoms with E-state index in [4.69, 9.17) is 4.74 Å². The Balaban J connectivity index is 2.17. The van der Waals surface area contributed by atoms with Gasteiger partial charge in [-0.2, -0.15) is 0 Å². The van der Waals surface area contributed by atoms with Gasteiger partial charge in [0, 0.05) is 24.4 Å². The van der Waals surface area contributed by atoms with Gasteiger partial charge in [-0.15, -0.1) is 0 Å². The molecule has 1 amide bonds. The maximum Gasteiger partial charge on any atom is 0.234 e. The molecule has 0 bridgehead atoms. The minimum Gasteiger partial charge on any atom is -0.496 e. The normalized spacial score (nSPS) is 24.3. The molecule has 108 valence electrons. The van der Waals surface area contributed by atoms with Gasteiger partial charge in [0.25, 0.3) is 0 Å². The lowest BCUT2D eigenvalue weighted by Crippen LogP contribution is -2.38. The fraction of sp³-hybridized carbons (Fsp3) is 0.278. The molecule has 1 heterocycles. The maximum atomic E-state index is 12.5. The van der Waals surface area contributed by atoms with E-state index in [2.05, 4.69) is 13.0 Å². The van der Waals surface area contributed by atoms with Crippen LogP contribution >= 0.6 is 0 Å². The van der Waals surface area contributed by atoms with Crippen LogP contribution in [0.1, 0.15) is 12.5 Å². The topological polar surface area (TPSA) is 29.5 Å². The molecule has 0 saturated heterocycles. The third-order valence-corrected chi connectivity index (χ3v) is 4.20. The van der Waals surface area contributed by atoms with E-state index in [0.717, 1.165) is 22.5 Å². The number of amides is 1. The second kappa shape index (κ2) is 5.24. The van der Waals surface area contributed by atoms with Crippen molar-refractivity contribution in [2.45, 2.75) is 6.92 Å². The van der Waals surface area contributed by atoms with Crippen molar-refractivity contribution in [1.29, 1.82) is 0 Å². The van der Waals surface area contributed by atoms with Gasteiger partial charge in [0.1, 0.15) is 5.75 Å². The fourth-order valence-electron chi connectivity index (χ4n) is 3.09. The summed E-state index contributed by atoms with van der Waals surface area (Å²) >= 11 is 0. The molecule has 0 aromatic heterocycles. The van der Waals surface area contributed by atoms with Gasteiger partial charge in [0.15, 0.2) is 0 Å². The summed E-state index contributed by atoms with van der Waals surface area (Å²) in [6.45, 7) is 2.09. The number of hydrogen-bond acceptors (Lipinski definition) is 2. The Morgan fingerprint density at radius 2 is 2.00 bits per heavy atom. The predicted molar refractivity (Wildman–Crippen MR) is 83.6 cm³/mol. The third-order valence-electron chi connectivity index (χ3n) is 4.20. The number of rotatable bonds is 2. The average molecular weight is 281 g/mol. The van der Waals surface area contributed by atoms with Gasteiger partial charge in [-0.1, -0.05) is 43.4 Å². The number of carbonyl (C=O) groups excluding carboxylic acids is 1. The summed E-state index contributed by atoms with van der Waals surface area (Å²) in [5.74, 6) is 1.08. The highest BCUT2D eigenvalue weighted by molar-refractivity contribution is 5.97. The van der Waals surface area contributed by atoms with Crippen LogP contribution in [0.2, 0.25) is 0 Å². The highest BCUT2D eigenvalue weighted by Gasteiger charge is 2.36. The van der Waals surface area contributed by atoms with Gasteiger partial charge in [-0.25, -0.2) is 0 Å². The summed E-state index contributed by atoms with van der Waals surface area (Å²) in [5.41, 5.74) is 3.17. The van der Waals surface area contributed by atoms with Crippen molar-refractivity contribution >= 4 is 11.5 Å². The molecule has 0 fully saturated rings. The summed E-state index contributed by atoms with van der Waals surface area (Å²) in [7, 11) is 3.49. The molecule has 0 saturated carbocycles. The Labute approximate surface area is 125 Å². The lowest BCUT2D eigenvalue weighted by Gasteiger charge is -2.35. The number of fused-ring (bicyclic) bond motifs is 1. The molecule has 3 rings (SSSR count). The molecule has 1 aromatic rings. The second-order valence-electron chi connectivity index (χ2n) is 5.54. The van der Waals surface area contributed by atoms with Crippen LogP contribution < -0.4 is 4.74 Å². The van der Waals surface area contributed by atoms with E-state index in [0.29, 0.717) is 0 Å². The van der Waals surface area contributed by atoms with Crippen LogP contribution in [-0.4, -0.2) is 25.0 Å². The molecular formula is C18H19NO2. The number of para-hydroxylation sites is 1. The lowest BCUT2D eigenvalue weighted by atomic mass is 9.75. The van der Waals surface area contributed by atoms with E-state index < -0.39 is 0 Å². The van der Waals surface area contributed by atoms with Gasteiger partial charge < -0.3 is 9.64 Å². The van der Waals surface area contributed by atoms with E-state index in [9.17, 15) is 4.79 Å². The van der Waals surface area contributed by atoms with Crippen LogP contribution in [0, 0.1) is 11.8 Å². The fourth-order valence-corrected chi connectivity index (χ4v) is 3.09. The third kappa shape index (κ3) is 2.19. The van der Waals surface area contributed by atoms with Crippen LogP contribution in [-0.2, 0) is 4.79 Å². The molecule has 1 aliphatic heterocycles. The number of benzene rings is 1. The number of ether oxygens (including phenoxy) is 1. The minimum absolute atomic E-state index is 0.107. The van der Waals surface area contributed by atoms with Crippen molar-refractivity contribution in [3.05, 3.63) is 59.8 Å². The zero-order valence-corrected chi connectivity index (χ0v) is 12.5. The predicted octanol–water partition coefficient (Wildman–Crippen LogP) is 3.26. The van der Waals surface area contributed by atoms with Gasteiger partial charge in [-0.3, -0.25) is 4.79 Å². The van der Waals surface area contributed by atoms with E-state index in [1.807, 2.05) is 49.7 Å². The maximum absolute atomic E-state index is 12.5. The second-order valence-corrected chi connectivity index (χ2v) is 5.54. The molecule has 1 aliphatic carbocycles. The molecule has 21 heavy (non-hydrogen) atoms. The number of carbonyl (C=O) groups is 1. The van der Waals surface area contributed by atoms with E-state index >= 15 is 0 Å². The van der Waals surface area contributed by atoms with E-state index in [1.54, 1.807) is 12.0 Å². The van der Waals surface area contributed by atoms with Crippen LogP contribution in [0.25, 0.3) is 5.57 Å². The highest BCUT2D eigenvalue weighted by Crippen LogP contribution is 2.42. The van der Waals surface area contributed by atoms with Gasteiger partial charge in [-0.05, 0) is 17.6 Å². The van der Waals surface area contributed by atoms with Gasteiger partial charge in [0.05, 0.1) is 13.0 Å². The van der Waals surface area contributed by atoms with Crippen molar-refractivity contribution in [3.63, 3.8) is 0 Å². The average Bonchev–Trinajstić information content (AvgIpc) is 2.50. The van der Waals surface area contributed by atoms with Crippen molar-refractivity contribution in [2.75, 3.05) is 14.2 Å². The van der Waals surface area contributed by atoms with Crippen molar-refractivity contribution in [2.24, 2.45) is 11.8 Å². The molecule has 0 spiro atoms. The summed E-state index contributed by atoms with van der Waals surface area (Å²) in [4.78, 5) is 14.2. The first kappa shape index (κ1) is 13.7. The van der Waals surface area contributed by atoms with E-state index in [-0.39, 0.29) is 17.7 Å². The quantitative estimate of drug-likeness (QED) is 0.832. The Hall–Kier alpha value is -2.29. The standard InChI is InChI=1S/C18H19NO2/c1-12-7-6-9-14-15(11-19(2)18(20)17(12)14)13-8-4-5-10-16(13)21-3/h4-12,17H,1-3H3. The van der Waals surface area contributed by atoms with Crippen molar-refractivity contribution in [1.82, 2.24) is 4.90 Å². The largest absolute Gasteiger partial charge is 0.496 e. The number of methoxy groups -OCH3 is 1. The number of allylic oxidation sites excluding steroid dienone is 4.